The van der Waals surface area contributed by atoms with Crippen molar-refractivity contribution >= 4 is 29.9 Å². The second kappa shape index (κ2) is 12.2. The number of rotatable bonds is 8. The summed E-state index contributed by atoms with van der Waals surface area (Å²) in [6, 6.07) is 11.0. The lowest BCUT2D eigenvalue weighted by molar-refractivity contribution is 0.281. The normalized spacial score (nSPS) is 21.5. The van der Waals surface area contributed by atoms with Crippen molar-refractivity contribution in [2.45, 2.75) is 58.5 Å². The average molecular weight is 528 g/mol. The van der Waals surface area contributed by atoms with E-state index >= 15 is 0 Å². The summed E-state index contributed by atoms with van der Waals surface area (Å²) in [5.74, 6) is 1.86. The van der Waals surface area contributed by atoms with E-state index in [-0.39, 0.29) is 29.5 Å². The number of hydrogen-bond acceptors (Lipinski definition) is 3. The highest BCUT2D eigenvalue weighted by Crippen LogP contribution is 2.21. The third kappa shape index (κ3) is 7.68. The van der Waals surface area contributed by atoms with Crippen molar-refractivity contribution in [3.8, 4) is 0 Å². The molecule has 1 aromatic rings. The fourth-order valence-corrected chi connectivity index (χ4v) is 4.66. The first-order valence-corrected chi connectivity index (χ1v) is 11.5. The van der Waals surface area contributed by atoms with Gasteiger partial charge >= 0.3 is 0 Å². The first-order chi connectivity index (χ1) is 14.0. The number of guanidine groups is 1. The highest BCUT2D eigenvalue weighted by molar-refractivity contribution is 14.0. The smallest absolute Gasteiger partial charge is 0.193 e. The second-order valence-corrected chi connectivity index (χ2v) is 9.44. The van der Waals surface area contributed by atoms with Crippen LogP contribution in [-0.2, 0) is 0 Å². The van der Waals surface area contributed by atoms with Gasteiger partial charge in [-0.2, -0.15) is 0 Å². The van der Waals surface area contributed by atoms with E-state index in [4.69, 9.17) is 4.99 Å². The summed E-state index contributed by atoms with van der Waals surface area (Å²) in [6.07, 6.45) is 4.04. The van der Waals surface area contributed by atoms with E-state index in [9.17, 15) is 0 Å². The van der Waals surface area contributed by atoms with Gasteiger partial charge in [-0.05, 0) is 71.5 Å². The molecule has 5 nitrogen and oxygen atoms in total. The molecule has 2 aliphatic rings. The molecule has 2 unspecified atom stereocenters. The molecule has 1 aromatic carbocycles. The van der Waals surface area contributed by atoms with Crippen LogP contribution in [0.25, 0.3) is 0 Å². The van der Waals surface area contributed by atoms with E-state index in [1.165, 1.54) is 44.5 Å². The molecule has 2 fully saturated rings. The first kappa shape index (κ1) is 25.4. The minimum atomic E-state index is -0.0649. The van der Waals surface area contributed by atoms with Crippen LogP contribution in [0.4, 0.5) is 0 Å². The van der Waals surface area contributed by atoms with Gasteiger partial charge in [0.05, 0.1) is 6.54 Å². The number of likely N-dealkylation sites (tertiary alicyclic amines) is 2. The lowest BCUT2D eigenvalue weighted by atomic mass is 10.0. The molecule has 0 aliphatic carbocycles. The summed E-state index contributed by atoms with van der Waals surface area (Å²) in [7, 11) is 0. The van der Waals surface area contributed by atoms with Crippen LogP contribution in [0.3, 0.4) is 0 Å². The van der Waals surface area contributed by atoms with Gasteiger partial charge in [0, 0.05) is 37.8 Å². The first-order valence-electron chi connectivity index (χ1n) is 11.5. The topological polar surface area (TPSA) is 42.9 Å². The van der Waals surface area contributed by atoms with E-state index in [1.807, 2.05) is 0 Å². The molecular formula is C24H42IN5. The van der Waals surface area contributed by atoms with Gasteiger partial charge in [-0.1, -0.05) is 30.3 Å². The highest BCUT2D eigenvalue weighted by atomic mass is 127. The maximum absolute atomic E-state index is 5.04. The van der Waals surface area contributed by atoms with Gasteiger partial charge in [0.1, 0.15) is 0 Å². The quantitative estimate of drug-likeness (QED) is 0.304. The predicted octanol–water partition coefficient (Wildman–Crippen LogP) is 4.12. The van der Waals surface area contributed by atoms with Crippen LogP contribution in [-0.4, -0.2) is 67.1 Å². The standard InChI is InChI=1S/C24H41N5.HI/c1-5-25-23(29-16-13-21(18-29)17-28-14-9-10-15-28)26-19-24(3,4)27-20(2)22-11-7-6-8-12-22;/h6-8,11-12,20-21,27H,5,9-10,13-19H2,1-4H3,(H,25,26);1H. The van der Waals surface area contributed by atoms with Gasteiger partial charge in [-0.15, -0.1) is 24.0 Å². The van der Waals surface area contributed by atoms with Crippen molar-refractivity contribution in [1.29, 1.82) is 0 Å². The Bertz CT molecular complexity index is 642. The number of hydrogen-bond donors (Lipinski definition) is 2. The number of aliphatic imine (C=N–C) groups is 1. The van der Waals surface area contributed by atoms with Crippen molar-refractivity contribution < 1.29 is 0 Å². The van der Waals surface area contributed by atoms with E-state index in [0.29, 0.717) is 6.04 Å². The Balaban J connectivity index is 0.00000320. The lowest BCUT2D eigenvalue weighted by Gasteiger charge is -2.30. The van der Waals surface area contributed by atoms with Crippen LogP contribution >= 0.6 is 24.0 Å². The molecule has 2 atom stereocenters. The van der Waals surface area contributed by atoms with Crippen LogP contribution in [0.5, 0.6) is 0 Å². The lowest BCUT2D eigenvalue weighted by Crippen LogP contribution is -2.46. The summed E-state index contributed by atoms with van der Waals surface area (Å²) in [5, 5.41) is 7.29. The Morgan fingerprint density at radius 2 is 1.87 bits per heavy atom. The van der Waals surface area contributed by atoms with Crippen molar-refractivity contribution in [1.82, 2.24) is 20.4 Å². The van der Waals surface area contributed by atoms with Gasteiger partial charge in [-0.3, -0.25) is 4.99 Å². The number of nitrogens with zero attached hydrogens (tertiary/aromatic N) is 3. The Kier molecular flexibility index (Phi) is 10.4. The molecule has 0 aromatic heterocycles. The van der Waals surface area contributed by atoms with E-state index in [0.717, 1.165) is 38.1 Å². The Labute approximate surface area is 201 Å². The molecule has 0 spiro atoms. The van der Waals surface area contributed by atoms with Gasteiger partial charge < -0.3 is 20.4 Å². The van der Waals surface area contributed by atoms with E-state index in [1.54, 1.807) is 0 Å². The second-order valence-electron chi connectivity index (χ2n) is 9.44. The number of benzene rings is 1. The number of halogens is 1. The van der Waals surface area contributed by atoms with Crippen molar-refractivity contribution in [3.05, 3.63) is 35.9 Å². The van der Waals surface area contributed by atoms with Crippen molar-refractivity contribution in [3.63, 3.8) is 0 Å². The largest absolute Gasteiger partial charge is 0.357 e. The molecule has 2 saturated heterocycles. The SMILES string of the molecule is CCNC(=NCC(C)(C)NC(C)c1ccccc1)N1CCC(CN2CCCC2)C1.I. The predicted molar refractivity (Wildman–Crippen MR) is 139 cm³/mol. The van der Waals surface area contributed by atoms with Gasteiger partial charge in [0.15, 0.2) is 5.96 Å². The van der Waals surface area contributed by atoms with Crippen molar-refractivity contribution in [2.75, 3.05) is 45.8 Å². The van der Waals surface area contributed by atoms with Crippen LogP contribution in [0.15, 0.2) is 35.3 Å². The van der Waals surface area contributed by atoms with Gasteiger partial charge in [-0.25, -0.2) is 0 Å². The molecule has 2 heterocycles. The molecule has 0 amide bonds. The molecule has 6 heteroatoms. The summed E-state index contributed by atoms with van der Waals surface area (Å²) in [4.78, 5) is 10.2. The molecule has 2 N–H and O–H groups in total. The maximum Gasteiger partial charge on any atom is 0.193 e. The number of nitrogens with one attached hydrogen (secondary N) is 2. The fourth-order valence-electron chi connectivity index (χ4n) is 4.66. The fraction of sp³-hybridized carbons (Fsp3) is 0.708. The van der Waals surface area contributed by atoms with Crippen LogP contribution in [0.1, 0.15) is 58.6 Å². The maximum atomic E-state index is 5.04. The molecular weight excluding hydrogens is 485 g/mol. The monoisotopic (exact) mass is 527 g/mol. The van der Waals surface area contributed by atoms with E-state index < -0.39 is 0 Å². The summed E-state index contributed by atoms with van der Waals surface area (Å²) in [5.41, 5.74) is 1.26. The molecule has 30 heavy (non-hydrogen) atoms. The zero-order chi connectivity index (χ0) is 20.7. The minimum absolute atomic E-state index is 0. The molecule has 3 rings (SSSR count). The Morgan fingerprint density at radius 3 is 2.53 bits per heavy atom. The van der Waals surface area contributed by atoms with Crippen LogP contribution in [0.2, 0.25) is 0 Å². The third-order valence-electron chi connectivity index (χ3n) is 6.17. The molecule has 0 bridgehead atoms. The van der Waals surface area contributed by atoms with Gasteiger partial charge in [0.25, 0.3) is 0 Å². The summed E-state index contributed by atoms with van der Waals surface area (Å²) in [6.45, 7) is 16.7. The molecule has 170 valence electrons. The van der Waals surface area contributed by atoms with Crippen molar-refractivity contribution in [2.24, 2.45) is 10.9 Å². The zero-order valence-corrected chi connectivity index (χ0v) is 21.7. The molecule has 0 radical (unpaired) electrons. The Morgan fingerprint density at radius 1 is 1.17 bits per heavy atom. The summed E-state index contributed by atoms with van der Waals surface area (Å²) < 4.78 is 0. The highest BCUT2D eigenvalue weighted by Gasteiger charge is 2.28. The summed E-state index contributed by atoms with van der Waals surface area (Å²) >= 11 is 0. The minimum Gasteiger partial charge on any atom is -0.357 e. The van der Waals surface area contributed by atoms with Crippen LogP contribution in [0, 0.1) is 5.92 Å². The average Bonchev–Trinajstić information content (AvgIpc) is 3.38. The third-order valence-corrected chi connectivity index (χ3v) is 6.17. The van der Waals surface area contributed by atoms with E-state index in [2.05, 4.69) is 78.5 Å². The zero-order valence-electron chi connectivity index (χ0n) is 19.4. The molecule has 0 saturated carbocycles. The molecule has 2 aliphatic heterocycles. The van der Waals surface area contributed by atoms with Gasteiger partial charge in [0.2, 0.25) is 0 Å². The van der Waals surface area contributed by atoms with Crippen LogP contribution < -0.4 is 10.6 Å². The Hall–Kier alpha value is -0.860.